The van der Waals surface area contributed by atoms with E-state index in [-0.39, 0.29) is 5.82 Å². The number of hydrogen-bond donors (Lipinski definition) is 2. The standard InChI is InChI=1S/C10H12FN5/c11-8-3-1-5-12-10(8)13-6-2-4-9-14-7-15-16-9/h1,3,5,7H,2,4,6H2,(H,12,13)(H,14,15,16). The van der Waals surface area contributed by atoms with Crippen LogP contribution in [0.1, 0.15) is 12.2 Å². The van der Waals surface area contributed by atoms with Crippen molar-refractivity contribution in [3.05, 3.63) is 36.3 Å². The Kier molecular flexibility index (Phi) is 3.42. The summed E-state index contributed by atoms with van der Waals surface area (Å²) in [4.78, 5) is 7.89. The van der Waals surface area contributed by atoms with Gasteiger partial charge in [0.25, 0.3) is 0 Å². The summed E-state index contributed by atoms with van der Waals surface area (Å²) < 4.78 is 13.1. The molecule has 0 fully saturated rings. The van der Waals surface area contributed by atoms with E-state index in [2.05, 4.69) is 25.5 Å². The maximum absolute atomic E-state index is 13.1. The van der Waals surface area contributed by atoms with Crippen LogP contribution < -0.4 is 5.32 Å². The third-order valence-corrected chi connectivity index (χ3v) is 2.11. The molecule has 6 heteroatoms. The molecule has 5 nitrogen and oxygen atoms in total. The first-order valence-electron chi connectivity index (χ1n) is 5.05. The van der Waals surface area contributed by atoms with E-state index < -0.39 is 0 Å². The zero-order valence-corrected chi connectivity index (χ0v) is 8.65. The van der Waals surface area contributed by atoms with Gasteiger partial charge in [0, 0.05) is 19.2 Å². The fourth-order valence-electron chi connectivity index (χ4n) is 1.33. The molecular formula is C10H12FN5. The zero-order valence-electron chi connectivity index (χ0n) is 8.65. The number of anilines is 1. The molecule has 0 radical (unpaired) electrons. The monoisotopic (exact) mass is 221 g/mol. The lowest BCUT2D eigenvalue weighted by Crippen LogP contribution is -2.06. The molecule has 0 saturated carbocycles. The number of hydrogen-bond acceptors (Lipinski definition) is 4. The molecule has 0 atom stereocenters. The molecule has 2 rings (SSSR count). The number of aromatic nitrogens is 4. The van der Waals surface area contributed by atoms with Crippen LogP contribution in [0.25, 0.3) is 0 Å². The van der Waals surface area contributed by atoms with E-state index >= 15 is 0 Å². The van der Waals surface area contributed by atoms with Crippen LogP contribution in [0.5, 0.6) is 0 Å². The van der Waals surface area contributed by atoms with Gasteiger partial charge in [-0.2, -0.15) is 5.10 Å². The van der Waals surface area contributed by atoms with Gasteiger partial charge in [-0.3, -0.25) is 5.10 Å². The summed E-state index contributed by atoms with van der Waals surface area (Å²) in [6.45, 7) is 0.647. The van der Waals surface area contributed by atoms with Crippen molar-refractivity contribution in [2.45, 2.75) is 12.8 Å². The minimum Gasteiger partial charge on any atom is -0.368 e. The van der Waals surface area contributed by atoms with E-state index in [1.807, 2.05) is 0 Å². The quantitative estimate of drug-likeness (QED) is 0.748. The second kappa shape index (κ2) is 5.20. The molecule has 0 aliphatic rings. The van der Waals surface area contributed by atoms with E-state index in [0.717, 1.165) is 18.7 Å². The molecule has 0 aliphatic heterocycles. The first kappa shape index (κ1) is 10.5. The van der Waals surface area contributed by atoms with Gasteiger partial charge in [0.2, 0.25) is 0 Å². The summed E-state index contributed by atoms with van der Waals surface area (Å²) in [7, 11) is 0. The van der Waals surface area contributed by atoms with Gasteiger partial charge >= 0.3 is 0 Å². The molecule has 16 heavy (non-hydrogen) atoms. The molecule has 0 aromatic carbocycles. The number of rotatable bonds is 5. The topological polar surface area (TPSA) is 66.5 Å². The Labute approximate surface area is 92.1 Å². The Morgan fingerprint density at radius 3 is 3.06 bits per heavy atom. The van der Waals surface area contributed by atoms with Gasteiger partial charge < -0.3 is 5.32 Å². The number of nitrogens with zero attached hydrogens (tertiary/aromatic N) is 3. The van der Waals surface area contributed by atoms with Crippen LogP contribution in [0.3, 0.4) is 0 Å². The van der Waals surface area contributed by atoms with Crippen molar-refractivity contribution in [1.29, 1.82) is 0 Å². The number of aryl methyl sites for hydroxylation is 1. The summed E-state index contributed by atoms with van der Waals surface area (Å²) in [6.07, 6.45) is 4.65. The van der Waals surface area contributed by atoms with Crippen LogP contribution in [0.2, 0.25) is 0 Å². The molecule has 0 spiro atoms. The van der Waals surface area contributed by atoms with E-state index in [1.54, 1.807) is 12.3 Å². The van der Waals surface area contributed by atoms with Gasteiger partial charge in [0.1, 0.15) is 12.2 Å². The van der Waals surface area contributed by atoms with Crippen molar-refractivity contribution in [3.63, 3.8) is 0 Å². The Balaban J connectivity index is 1.74. The highest BCUT2D eigenvalue weighted by Gasteiger charge is 2.01. The first-order valence-corrected chi connectivity index (χ1v) is 5.05. The summed E-state index contributed by atoms with van der Waals surface area (Å²) >= 11 is 0. The smallest absolute Gasteiger partial charge is 0.165 e. The van der Waals surface area contributed by atoms with Crippen LogP contribution in [-0.4, -0.2) is 26.7 Å². The minimum atomic E-state index is -0.331. The third-order valence-electron chi connectivity index (χ3n) is 2.11. The fraction of sp³-hybridized carbons (Fsp3) is 0.300. The summed E-state index contributed by atoms with van der Waals surface area (Å²) in [6, 6.07) is 2.95. The zero-order chi connectivity index (χ0) is 11.2. The molecular weight excluding hydrogens is 209 g/mol. The lowest BCUT2D eigenvalue weighted by Gasteiger charge is -2.04. The first-order chi connectivity index (χ1) is 7.86. The van der Waals surface area contributed by atoms with Gasteiger partial charge in [-0.25, -0.2) is 14.4 Å². The minimum absolute atomic E-state index is 0.292. The number of H-pyrrole nitrogens is 1. The largest absolute Gasteiger partial charge is 0.368 e. The van der Waals surface area contributed by atoms with Gasteiger partial charge in [-0.1, -0.05) is 0 Å². The van der Waals surface area contributed by atoms with E-state index in [9.17, 15) is 4.39 Å². The molecule has 2 aromatic rings. The van der Waals surface area contributed by atoms with Crippen LogP contribution in [0.4, 0.5) is 10.2 Å². The lowest BCUT2D eigenvalue weighted by atomic mass is 10.3. The summed E-state index contributed by atoms with van der Waals surface area (Å²) in [5, 5.41) is 9.44. The number of pyridine rings is 1. The maximum Gasteiger partial charge on any atom is 0.165 e. The van der Waals surface area contributed by atoms with E-state index in [0.29, 0.717) is 12.4 Å². The Hall–Kier alpha value is -1.98. The Morgan fingerprint density at radius 2 is 2.31 bits per heavy atom. The number of aromatic amines is 1. The van der Waals surface area contributed by atoms with Gasteiger partial charge in [-0.05, 0) is 18.6 Å². The average Bonchev–Trinajstić information content (AvgIpc) is 2.79. The Morgan fingerprint density at radius 1 is 1.38 bits per heavy atom. The molecule has 0 saturated heterocycles. The second-order valence-electron chi connectivity index (χ2n) is 3.30. The van der Waals surface area contributed by atoms with E-state index in [4.69, 9.17) is 0 Å². The van der Waals surface area contributed by atoms with Gasteiger partial charge in [0.15, 0.2) is 11.6 Å². The van der Waals surface area contributed by atoms with Crippen LogP contribution in [0, 0.1) is 5.82 Å². The predicted octanol–water partition coefficient (Wildman–Crippen LogP) is 1.38. The normalized spacial score (nSPS) is 10.3. The third kappa shape index (κ3) is 2.75. The molecule has 2 heterocycles. The SMILES string of the molecule is Fc1cccnc1NCCCc1ncn[nH]1. The van der Waals surface area contributed by atoms with Gasteiger partial charge in [0.05, 0.1) is 0 Å². The molecule has 0 aliphatic carbocycles. The van der Waals surface area contributed by atoms with Crippen molar-refractivity contribution in [2.75, 3.05) is 11.9 Å². The summed E-state index contributed by atoms with van der Waals surface area (Å²) in [5.41, 5.74) is 0. The van der Waals surface area contributed by atoms with Crippen molar-refractivity contribution in [3.8, 4) is 0 Å². The molecule has 0 amide bonds. The highest BCUT2D eigenvalue weighted by Crippen LogP contribution is 2.08. The van der Waals surface area contributed by atoms with Gasteiger partial charge in [-0.15, -0.1) is 0 Å². The second-order valence-corrected chi connectivity index (χ2v) is 3.30. The van der Waals surface area contributed by atoms with Crippen molar-refractivity contribution in [1.82, 2.24) is 20.2 Å². The van der Waals surface area contributed by atoms with Crippen molar-refractivity contribution in [2.24, 2.45) is 0 Å². The van der Waals surface area contributed by atoms with Crippen LogP contribution in [0.15, 0.2) is 24.7 Å². The molecule has 0 unspecified atom stereocenters. The molecule has 2 N–H and O–H groups in total. The maximum atomic E-state index is 13.1. The van der Waals surface area contributed by atoms with E-state index in [1.165, 1.54) is 12.4 Å². The molecule has 2 aromatic heterocycles. The summed E-state index contributed by atoms with van der Waals surface area (Å²) in [5.74, 6) is 0.797. The lowest BCUT2D eigenvalue weighted by molar-refractivity contribution is 0.623. The number of nitrogens with one attached hydrogen (secondary N) is 2. The average molecular weight is 221 g/mol. The number of halogens is 1. The Bertz CT molecular complexity index is 429. The van der Waals surface area contributed by atoms with Crippen LogP contribution in [-0.2, 0) is 6.42 Å². The molecule has 0 bridgehead atoms. The highest BCUT2D eigenvalue weighted by molar-refractivity contribution is 5.35. The van der Waals surface area contributed by atoms with Crippen LogP contribution >= 0.6 is 0 Å². The highest BCUT2D eigenvalue weighted by atomic mass is 19.1. The van der Waals surface area contributed by atoms with Crippen molar-refractivity contribution >= 4 is 5.82 Å². The molecule has 84 valence electrons. The van der Waals surface area contributed by atoms with Crippen molar-refractivity contribution < 1.29 is 4.39 Å². The fourth-order valence-corrected chi connectivity index (χ4v) is 1.33. The predicted molar refractivity (Wildman–Crippen MR) is 57.4 cm³/mol.